The van der Waals surface area contributed by atoms with Gasteiger partial charge in [-0.05, 0) is 41.7 Å². The number of hydrogen-bond donors (Lipinski definition) is 2. The van der Waals surface area contributed by atoms with Crippen LogP contribution >= 0.6 is 0 Å². The number of carbonyl (C=O) groups is 1. The van der Waals surface area contributed by atoms with Crippen molar-refractivity contribution < 1.29 is 4.79 Å². The Morgan fingerprint density at radius 3 is 2.42 bits per heavy atom. The van der Waals surface area contributed by atoms with E-state index in [0.29, 0.717) is 5.56 Å². The molecule has 3 rings (SSSR count). The van der Waals surface area contributed by atoms with E-state index >= 15 is 0 Å². The maximum atomic E-state index is 12.7. The summed E-state index contributed by atoms with van der Waals surface area (Å²) in [5.41, 5.74) is 3.89. The lowest BCUT2D eigenvalue weighted by molar-refractivity contribution is 0.0932. The number of aromatic nitrogens is 2. The summed E-state index contributed by atoms with van der Waals surface area (Å²) in [6.45, 7) is 8.61. The third-order valence-corrected chi connectivity index (χ3v) is 4.63. The SMILES string of the molecule is CCC[C@@H](NC(=O)c1ccc(C(C)(C)C)cc1)c1nc2ccccc2[nH]1. The number of nitrogens with zero attached hydrogens (tertiary/aromatic N) is 1. The van der Waals surface area contributed by atoms with Crippen molar-refractivity contribution >= 4 is 16.9 Å². The van der Waals surface area contributed by atoms with Gasteiger partial charge in [-0.1, -0.05) is 58.4 Å². The van der Waals surface area contributed by atoms with Gasteiger partial charge >= 0.3 is 0 Å². The number of fused-ring (bicyclic) bond motifs is 1. The van der Waals surface area contributed by atoms with Crippen molar-refractivity contribution in [3.63, 3.8) is 0 Å². The van der Waals surface area contributed by atoms with Crippen LogP contribution in [0.3, 0.4) is 0 Å². The molecule has 1 aromatic heterocycles. The van der Waals surface area contributed by atoms with Crippen LogP contribution in [-0.4, -0.2) is 15.9 Å². The molecule has 4 nitrogen and oxygen atoms in total. The number of amides is 1. The van der Waals surface area contributed by atoms with Crippen LogP contribution in [0, 0.1) is 0 Å². The van der Waals surface area contributed by atoms with Gasteiger partial charge in [0.2, 0.25) is 0 Å². The van der Waals surface area contributed by atoms with Gasteiger partial charge < -0.3 is 10.3 Å². The van der Waals surface area contributed by atoms with Gasteiger partial charge in [0.25, 0.3) is 5.91 Å². The van der Waals surface area contributed by atoms with Crippen molar-refractivity contribution in [3.05, 3.63) is 65.5 Å². The lowest BCUT2D eigenvalue weighted by Gasteiger charge is -2.20. The molecule has 0 unspecified atom stereocenters. The Kier molecular flexibility index (Phi) is 5.12. The van der Waals surface area contributed by atoms with Gasteiger partial charge in [-0.2, -0.15) is 0 Å². The molecule has 26 heavy (non-hydrogen) atoms. The number of para-hydroxylation sites is 2. The molecule has 2 N–H and O–H groups in total. The molecule has 0 aliphatic rings. The summed E-state index contributed by atoms with van der Waals surface area (Å²) >= 11 is 0. The Hall–Kier alpha value is -2.62. The highest BCUT2D eigenvalue weighted by atomic mass is 16.1. The molecule has 2 aromatic carbocycles. The van der Waals surface area contributed by atoms with Crippen molar-refractivity contribution in [2.75, 3.05) is 0 Å². The lowest BCUT2D eigenvalue weighted by Crippen LogP contribution is -2.29. The van der Waals surface area contributed by atoms with E-state index in [2.05, 4.69) is 43.0 Å². The minimum atomic E-state index is -0.123. The first kappa shape index (κ1) is 18.2. The van der Waals surface area contributed by atoms with Gasteiger partial charge in [-0.15, -0.1) is 0 Å². The minimum Gasteiger partial charge on any atom is -0.342 e. The van der Waals surface area contributed by atoms with Crippen molar-refractivity contribution in [1.82, 2.24) is 15.3 Å². The number of imidazole rings is 1. The van der Waals surface area contributed by atoms with E-state index < -0.39 is 0 Å². The number of H-pyrrole nitrogens is 1. The molecular formula is C22H27N3O. The second-order valence-electron chi connectivity index (χ2n) is 7.78. The Morgan fingerprint density at radius 2 is 1.81 bits per heavy atom. The average molecular weight is 349 g/mol. The molecule has 0 fully saturated rings. The van der Waals surface area contributed by atoms with Gasteiger partial charge in [0.15, 0.2) is 0 Å². The van der Waals surface area contributed by atoms with Crippen LogP contribution in [0.4, 0.5) is 0 Å². The highest BCUT2D eigenvalue weighted by molar-refractivity contribution is 5.94. The predicted molar refractivity (Wildman–Crippen MR) is 106 cm³/mol. The monoisotopic (exact) mass is 349 g/mol. The van der Waals surface area contributed by atoms with Crippen LogP contribution in [0.15, 0.2) is 48.5 Å². The van der Waals surface area contributed by atoms with Crippen molar-refractivity contribution in [1.29, 1.82) is 0 Å². The normalized spacial score (nSPS) is 12.9. The molecule has 0 saturated heterocycles. The van der Waals surface area contributed by atoms with Crippen molar-refractivity contribution in [3.8, 4) is 0 Å². The van der Waals surface area contributed by atoms with Gasteiger partial charge in [0.1, 0.15) is 5.82 Å². The van der Waals surface area contributed by atoms with Crippen LogP contribution in [0.2, 0.25) is 0 Å². The maximum absolute atomic E-state index is 12.7. The van der Waals surface area contributed by atoms with E-state index in [9.17, 15) is 4.79 Å². The first-order valence-corrected chi connectivity index (χ1v) is 9.24. The molecule has 0 spiro atoms. The summed E-state index contributed by atoms with van der Waals surface area (Å²) in [6.07, 6.45) is 1.80. The van der Waals surface area contributed by atoms with Gasteiger partial charge in [-0.3, -0.25) is 4.79 Å². The van der Waals surface area contributed by atoms with Crippen LogP contribution in [0.1, 0.15) is 68.3 Å². The van der Waals surface area contributed by atoms with Crippen molar-refractivity contribution in [2.45, 2.75) is 52.0 Å². The van der Waals surface area contributed by atoms with Crippen LogP contribution in [0.25, 0.3) is 11.0 Å². The van der Waals surface area contributed by atoms with E-state index in [1.165, 1.54) is 5.56 Å². The summed E-state index contributed by atoms with van der Waals surface area (Å²) in [7, 11) is 0. The zero-order chi connectivity index (χ0) is 18.7. The smallest absolute Gasteiger partial charge is 0.251 e. The fourth-order valence-electron chi connectivity index (χ4n) is 3.07. The lowest BCUT2D eigenvalue weighted by atomic mass is 9.86. The highest BCUT2D eigenvalue weighted by Gasteiger charge is 2.19. The molecule has 0 aliphatic heterocycles. The molecule has 136 valence electrons. The van der Waals surface area contributed by atoms with Gasteiger partial charge in [0.05, 0.1) is 17.1 Å². The number of nitrogens with one attached hydrogen (secondary N) is 2. The van der Waals surface area contributed by atoms with E-state index in [0.717, 1.165) is 29.7 Å². The van der Waals surface area contributed by atoms with Crippen LogP contribution < -0.4 is 5.32 Å². The predicted octanol–water partition coefficient (Wildman–Crippen LogP) is 5.13. The molecule has 1 atom stereocenters. The average Bonchev–Trinajstić information content (AvgIpc) is 3.04. The third-order valence-electron chi connectivity index (χ3n) is 4.63. The molecule has 4 heteroatoms. The largest absolute Gasteiger partial charge is 0.342 e. The number of aromatic amines is 1. The second-order valence-corrected chi connectivity index (χ2v) is 7.78. The van der Waals surface area contributed by atoms with E-state index in [4.69, 9.17) is 0 Å². The molecule has 1 amide bonds. The number of benzene rings is 2. The Balaban J connectivity index is 1.80. The first-order chi connectivity index (χ1) is 12.4. The number of hydrogen-bond acceptors (Lipinski definition) is 2. The molecule has 1 heterocycles. The maximum Gasteiger partial charge on any atom is 0.251 e. The molecule has 0 radical (unpaired) electrons. The zero-order valence-corrected chi connectivity index (χ0v) is 16.0. The first-order valence-electron chi connectivity index (χ1n) is 9.24. The minimum absolute atomic E-state index is 0.0654. The van der Waals surface area contributed by atoms with Crippen LogP contribution in [0.5, 0.6) is 0 Å². The Morgan fingerprint density at radius 1 is 1.12 bits per heavy atom. The fourth-order valence-corrected chi connectivity index (χ4v) is 3.07. The summed E-state index contributed by atoms with van der Waals surface area (Å²) in [5, 5.41) is 3.14. The second kappa shape index (κ2) is 7.32. The number of carbonyl (C=O) groups excluding carboxylic acids is 1. The fraction of sp³-hybridized carbons (Fsp3) is 0.364. The molecule has 0 saturated carbocycles. The quantitative estimate of drug-likeness (QED) is 0.671. The number of rotatable bonds is 5. The van der Waals surface area contributed by atoms with Gasteiger partial charge in [-0.25, -0.2) is 4.98 Å². The third kappa shape index (κ3) is 3.96. The van der Waals surface area contributed by atoms with Crippen LogP contribution in [-0.2, 0) is 5.41 Å². The van der Waals surface area contributed by atoms with E-state index in [-0.39, 0.29) is 17.4 Å². The molecule has 0 bridgehead atoms. The summed E-state index contributed by atoms with van der Waals surface area (Å²) in [4.78, 5) is 20.7. The molecule has 3 aromatic rings. The standard InChI is InChI=1S/C22H27N3O/c1-5-8-19(20-23-17-9-6-7-10-18(17)24-20)25-21(26)15-11-13-16(14-12-15)22(2,3)4/h6-7,9-14,19H,5,8H2,1-4H3,(H,23,24)(H,25,26)/t19-/m1/s1. The van der Waals surface area contributed by atoms with E-state index in [1.54, 1.807) is 0 Å². The summed E-state index contributed by atoms with van der Waals surface area (Å²) in [6, 6.07) is 15.7. The van der Waals surface area contributed by atoms with Crippen molar-refractivity contribution in [2.24, 2.45) is 0 Å². The molecular weight excluding hydrogens is 322 g/mol. The highest BCUT2D eigenvalue weighted by Crippen LogP contribution is 2.23. The van der Waals surface area contributed by atoms with E-state index in [1.807, 2.05) is 48.5 Å². The topological polar surface area (TPSA) is 57.8 Å². The zero-order valence-electron chi connectivity index (χ0n) is 16.0. The Labute approximate surface area is 155 Å². The molecule has 0 aliphatic carbocycles. The van der Waals surface area contributed by atoms with Gasteiger partial charge in [0, 0.05) is 5.56 Å². The summed E-state index contributed by atoms with van der Waals surface area (Å²) < 4.78 is 0. The summed E-state index contributed by atoms with van der Waals surface area (Å²) in [5.74, 6) is 0.747. The Bertz CT molecular complexity index is 855.